The van der Waals surface area contributed by atoms with Gasteiger partial charge in [-0.05, 0) is 0 Å². The third kappa shape index (κ3) is 13.5. The molecule has 0 bridgehead atoms. The molecule has 0 amide bonds. The van der Waals surface area contributed by atoms with Crippen LogP contribution in [0.15, 0.2) is 0 Å². The lowest BCUT2D eigenvalue weighted by molar-refractivity contribution is -0.300. The minimum atomic E-state index is -2.27. The highest BCUT2D eigenvalue weighted by Crippen LogP contribution is 2.34. The van der Waals surface area contributed by atoms with E-state index in [1.807, 2.05) is 0 Å². The van der Waals surface area contributed by atoms with Gasteiger partial charge in [-0.3, -0.25) is 38.4 Å². The zero-order valence-electron chi connectivity index (χ0n) is 33.0. The summed E-state index contributed by atoms with van der Waals surface area (Å²) in [5, 5.41) is 0. The van der Waals surface area contributed by atoms with Crippen LogP contribution in [0.4, 0.5) is 0 Å². The van der Waals surface area contributed by atoms with Crippen LogP contribution in [0.2, 0.25) is 0 Å². The van der Waals surface area contributed by atoms with Crippen LogP contribution in [-0.2, 0) is 100 Å². The van der Waals surface area contributed by atoms with Crippen molar-refractivity contribution >= 4 is 59.7 Å². The van der Waals surface area contributed by atoms with Crippen LogP contribution in [0.3, 0.4) is 0 Å². The van der Waals surface area contributed by atoms with Gasteiger partial charge in [0.15, 0.2) is 36.6 Å². The van der Waals surface area contributed by atoms with Crippen molar-refractivity contribution in [2.75, 3.05) is 0 Å². The van der Waals surface area contributed by atoms with E-state index >= 15 is 0 Å². The maximum Gasteiger partial charge on any atom is 0.347 e. The predicted molar refractivity (Wildman–Crippen MR) is 182 cm³/mol. The van der Waals surface area contributed by atoms with Gasteiger partial charge in [0.2, 0.25) is 24.8 Å². The molecule has 21 heteroatoms. The van der Waals surface area contributed by atoms with E-state index in [1.54, 1.807) is 0 Å². The van der Waals surface area contributed by atoms with Gasteiger partial charge in [0.1, 0.15) is 0 Å². The SMILES string of the molecule is CCC(=O)OC1OC(C(=O)OC(=O)C2OC(OC(=O)CC)C(OC(=O)CC)C(OC(=O)CC)C2OC(=O)CC)C(OC(=O)CC)C(OC(=O)CC)C1OC(=O)CC. The van der Waals surface area contributed by atoms with Gasteiger partial charge in [0.25, 0.3) is 0 Å². The zero-order valence-corrected chi connectivity index (χ0v) is 33.0. The van der Waals surface area contributed by atoms with Gasteiger partial charge in [0.05, 0.1) is 0 Å². The average Bonchev–Trinajstić information content (AvgIpc) is 3.20. The Bertz CT molecular complexity index is 1380. The number of ether oxygens (including phenoxy) is 11. The minimum Gasteiger partial charge on any atom is -0.455 e. The number of esters is 10. The molecule has 0 radical (unpaired) electrons. The molecule has 0 aromatic carbocycles. The molecule has 2 saturated heterocycles. The van der Waals surface area contributed by atoms with Crippen LogP contribution in [-0.4, -0.2) is 121 Å². The van der Waals surface area contributed by atoms with E-state index in [0.717, 1.165) is 0 Å². The van der Waals surface area contributed by atoms with Gasteiger partial charge in [0, 0.05) is 51.4 Å². The monoisotopic (exact) mass is 818 g/mol. The molecule has 21 nitrogen and oxygen atoms in total. The molecule has 57 heavy (non-hydrogen) atoms. The molecule has 2 aliphatic rings. The first kappa shape index (κ1) is 48.0. The Morgan fingerprint density at radius 1 is 0.316 bits per heavy atom. The molecule has 2 fully saturated rings. The summed E-state index contributed by atoms with van der Waals surface area (Å²) in [7, 11) is 0. The van der Waals surface area contributed by atoms with Crippen molar-refractivity contribution in [2.24, 2.45) is 0 Å². The van der Waals surface area contributed by atoms with E-state index in [-0.39, 0.29) is 51.4 Å². The number of carbonyl (C=O) groups excluding carboxylic acids is 10. The Hall–Kier alpha value is -5.18. The second kappa shape index (κ2) is 23.1. The first-order valence-corrected chi connectivity index (χ1v) is 18.6. The third-order valence-corrected chi connectivity index (χ3v) is 8.07. The molecule has 0 spiro atoms. The summed E-state index contributed by atoms with van der Waals surface area (Å²) in [5.41, 5.74) is 0. The summed E-state index contributed by atoms with van der Waals surface area (Å²) < 4.78 is 59.7. The number of rotatable bonds is 18. The van der Waals surface area contributed by atoms with Crippen molar-refractivity contribution in [1.82, 2.24) is 0 Å². The van der Waals surface area contributed by atoms with Crippen LogP contribution in [0.25, 0.3) is 0 Å². The van der Waals surface area contributed by atoms with E-state index < -0.39 is 121 Å². The average molecular weight is 819 g/mol. The Labute approximate surface area is 327 Å². The summed E-state index contributed by atoms with van der Waals surface area (Å²) in [4.78, 5) is 129. The molecule has 0 N–H and O–H groups in total. The normalized spacial score (nSPS) is 26.7. The molecule has 2 rings (SSSR count). The molecule has 0 aliphatic carbocycles. The fourth-order valence-electron chi connectivity index (χ4n) is 5.02. The largest absolute Gasteiger partial charge is 0.455 e. The smallest absolute Gasteiger partial charge is 0.347 e. The van der Waals surface area contributed by atoms with Crippen LogP contribution in [0.5, 0.6) is 0 Å². The zero-order chi connectivity index (χ0) is 43.0. The molecular weight excluding hydrogens is 768 g/mol. The lowest BCUT2D eigenvalue weighted by atomic mass is 9.96. The van der Waals surface area contributed by atoms with Gasteiger partial charge in [-0.1, -0.05) is 55.4 Å². The predicted octanol–water partition coefficient (Wildman–Crippen LogP) is 1.34. The van der Waals surface area contributed by atoms with Crippen molar-refractivity contribution in [2.45, 2.75) is 168 Å². The highest BCUT2D eigenvalue weighted by atomic mass is 16.8. The molecule has 2 heterocycles. The number of carbonyl (C=O) groups is 10. The second-order valence-electron chi connectivity index (χ2n) is 12.1. The standard InChI is InChI=1S/C36H50O21/c1-9-17(37)47-25-27(49-19(39)11-3)31(51-21(41)13-5)35(53-23(43)15-7)55-29(25)33(45)57-34(46)30-26(48-18(38)10-2)28(50-20(40)12-4)32(52-22(42)14-6)36(56-30)54-24(44)16-8/h25-32,35-36H,9-16H2,1-8H3. The second-order valence-corrected chi connectivity index (χ2v) is 12.1. The van der Waals surface area contributed by atoms with Crippen molar-refractivity contribution in [3.63, 3.8) is 0 Å². The highest BCUT2D eigenvalue weighted by molar-refractivity contribution is 5.91. The fourth-order valence-corrected chi connectivity index (χ4v) is 5.02. The quantitative estimate of drug-likeness (QED) is 0.107. The molecule has 10 atom stereocenters. The van der Waals surface area contributed by atoms with Crippen LogP contribution in [0.1, 0.15) is 107 Å². The van der Waals surface area contributed by atoms with E-state index in [2.05, 4.69) is 0 Å². The number of hydrogen-bond donors (Lipinski definition) is 0. The first-order valence-electron chi connectivity index (χ1n) is 18.6. The molecule has 320 valence electrons. The van der Waals surface area contributed by atoms with E-state index in [9.17, 15) is 47.9 Å². The van der Waals surface area contributed by atoms with E-state index in [0.29, 0.717) is 0 Å². The maximum atomic E-state index is 14.0. The molecular formula is C36H50O21. The molecule has 0 saturated carbocycles. The van der Waals surface area contributed by atoms with Crippen LogP contribution >= 0.6 is 0 Å². The number of hydrogen-bond acceptors (Lipinski definition) is 21. The lowest BCUT2D eigenvalue weighted by Crippen LogP contribution is -2.66. The van der Waals surface area contributed by atoms with Gasteiger partial charge >= 0.3 is 59.7 Å². The third-order valence-electron chi connectivity index (χ3n) is 8.07. The summed E-state index contributed by atoms with van der Waals surface area (Å²) in [5.74, 6) is -11.0. The highest BCUT2D eigenvalue weighted by Gasteiger charge is 2.59. The summed E-state index contributed by atoms with van der Waals surface area (Å²) in [6.45, 7) is 11.2. The fraction of sp³-hybridized carbons (Fsp3) is 0.722. The molecule has 10 unspecified atom stereocenters. The summed E-state index contributed by atoms with van der Waals surface area (Å²) in [6, 6.07) is 0. The van der Waals surface area contributed by atoms with Crippen molar-refractivity contribution in [3.8, 4) is 0 Å². The van der Waals surface area contributed by atoms with Gasteiger partial charge in [-0.2, -0.15) is 0 Å². The van der Waals surface area contributed by atoms with Gasteiger partial charge in [-0.15, -0.1) is 0 Å². The maximum absolute atomic E-state index is 14.0. The molecule has 0 aromatic heterocycles. The van der Waals surface area contributed by atoms with Crippen LogP contribution < -0.4 is 0 Å². The van der Waals surface area contributed by atoms with E-state index in [4.69, 9.17) is 52.1 Å². The Morgan fingerprint density at radius 3 is 0.772 bits per heavy atom. The molecule has 0 aromatic rings. The van der Waals surface area contributed by atoms with Crippen molar-refractivity contribution in [1.29, 1.82) is 0 Å². The van der Waals surface area contributed by atoms with Crippen molar-refractivity contribution in [3.05, 3.63) is 0 Å². The van der Waals surface area contributed by atoms with E-state index in [1.165, 1.54) is 55.4 Å². The topological polar surface area (TPSA) is 272 Å². The summed E-state index contributed by atoms with van der Waals surface area (Å²) in [6.07, 6.45) is -22.2. The van der Waals surface area contributed by atoms with Gasteiger partial charge < -0.3 is 52.1 Å². The first-order chi connectivity index (χ1) is 27.0. The Kier molecular flexibility index (Phi) is 19.5. The van der Waals surface area contributed by atoms with Crippen molar-refractivity contribution < 1.29 is 100 Å². The van der Waals surface area contributed by atoms with Gasteiger partial charge in [-0.25, -0.2) is 9.59 Å². The summed E-state index contributed by atoms with van der Waals surface area (Å²) >= 11 is 0. The Morgan fingerprint density at radius 2 is 0.526 bits per heavy atom. The lowest BCUT2D eigenvalue weighted by Gasteiger charge is -2.44. The molecule has 2 aliphatic heterocycles. The minimum absolute atomic E-state index is 0.231. The van der Waals surface area contributed by atoms with Crippen LogP contribution in [0, 0.1) is 0 Å². The Balaban J connectivity index is 2.74.